The van der Waals surface area contributed by atoms with Gasteiger partial charge in [-0.3, -0.25) is 4.79 Å². The van der Waals surface area contributed by atoms with Gasteiger partial charge in [0.1, 0.15) is 6.61 Å². The lowest BCUT2D eigenvalue weighted by Gasteiger charge is -2.22. The summed E-state index contributed by atoms with van der Waals surface area (Å²) >= 11 is 0. The third kappa shape index (κ3) is 4.66. The Kier molecular flexibility index (Phi) is 4.93. The van der Waals surface area contributed by atoms with Gasteiger partial charge in [0.2, 0.25) is 5.91 Å². The van der Waals surface area contributed by atoms with E-state index in [0.717, 1.165) is 0 Å². The van der Waals surface area contributed by atoms with E-state index in [1.807, 2.05) is 0 Å². The maximum atomic E-state index is 11.4. The molecule has 14 heavy (non-hydrogen) atoms. The molecule has 0 saturated carbocycles. The number of ether oxygens (including phenoxy) is 1. The minimum atomic E-state index is -0.841. The standard InChI is InChI=1S/C8H17N3O3/c1-8(2,10-3)6(12)11-4-5-14-7(9)13/h10H,4-5H2,1-3H3,(H2,9,13)(H,11,12). The Balaban J connectivity index is 3.70. The molecule has 82 valence electrons. The van der Waals surface area contributed by atoms with E-state index in [-0.39, 0.29) is 19.1 Å². The topological polar surface area (TPSA) is 93.4 Å². The lowest BCUT2D eigenvalue weighted by molar-refractivity contribution is -0.126. The molecule has 0 aliphatic carbocycles. The van der Waals surface area contributed by atoms with Crippen molar-refractivity contribution in [3.05, 3.63) is 0 Å². The van der Waals surface area contributed by atoms with Crippen molar-refractivity contribution in [2.75, 3.05) is 20.2 Å². The van der Waals surface area contributed by atoms with E-state index in [9.17, 15) is 9.59 Å². The van der Waals surface area contributed by atoms with Crippen molar-refractivity contribution >= 4 is 12.0 Å². The van der Waals surface area contributed by atoms with E-state index in [1.165, 1.54) is 0 Å². The van der Waals surface area contributed by atoms with Crippen molar-refractivity contribution in [1.82, 2.24) is 10.6 Å². The van der Waals surface area contributed by atoms with Gasteiger partial charge in [0.05, 0.1) is 12.1 Å². The number of nitrogens with one attached hydrogen (secondary N) is 2. The monoisotopic (exact) mass is 203 g/mol. The van der Waals surface area contributed by atoms with Gasteiger partial charge < -0.3 is 21.1 Å². The molecule has 0 aromatic rings. The fourth-order valence-electron chi connectivity index (χ4n) is 0.651. The molecule has 0 aliphatic rings. The van der Waals surface area contributed by atoms with Crippen LogP contribution in [0, 0.1) is 0 Å². The van der Waals surface area contributed by atoms with Crippen LogP contribution in [0.2, 0.25) is 0 Å². The maximum absolute atomic E-state index is 11.4. The van der Waals surface area contributed by atoms with Crippen LogP contribution in [0.25, 0.3) is 0 Å². The summed E-state index contributed by atoms with van der Waals surface area (Å²) in [6, 6.07) is 0. The summed E-state index contributed by atoms with van der Waals surface area (Å²) in [5.74, 6) is -0.159. The summed E-state index contributed by atoms with van der Waals surface area (Å²) in [4.78, 5) is 21.6. The Labute approximate surface area is 83.2 Å². The molecule has 0 aromatic carbocycles. The molecule has 2 amide bonds. The molecule has 0 aliphatic heterocycles. The summed E-state index contributed by atoms with van der Waals surface area (Å²) in [6.07, 6.45) is -0.841. The number of carbonyl (C=O) groups is 2. The van der Waals surface area contributed by atoms with Crippen molar-refractivity contribution in [3.63, 3.8) is 0 Å². The lowest BCUT2D eigenvalue weighted by atomic mass is 10.1. The first-order valence-corrected chi connectivity index (χ1v) is 4.29. The zero-order valence-electron chi connectivity index (χ0n) is 8.72. The predicted octanol–water partition coefficient (Wildman–Crippen LogP) is -0.804. The highest BCUT2D eigenvalue weighted by atomic mass is 16.5. The number of hydrogen-bond acceptors (Lipinski definition) is 4. The first-order valence-electron chi connectivity index (χ1n) is 4.29. The molecule has 0 aromatic heterocycles. The number of carbonyl (C=O) groups excluding carboxylic acids is 2. The van der Waals surface area contributed by atoms with Gasteiger partial charge in [0.15, 0.2) is 0 Å². The van der Waals surface area contributed by atoms with Gasteiger partial charge in [-0.25, -0.2) is 4.79 Å². The van der Waals surface area contributed by atoms with Crippen LogP contribution in [0.3, 0.4) is 0 Å². The van der Waals surface area contributed by atoms with Crippen LogP contribution in [0.15, 0.2) is 0 Å². The van der Waals surface area contributed by atoms with Gasteiger partial charge >= 0.3 is 6.09 Å². The smallest absolute Gasteiger partial charge is 0.404 e. The van der Waals surface area contributed by atoms with Gasteiger partial charge in [-0.2, -0.15) is 0 Å². The van der Waals surface area contributed by atoms with Gasteiger partial charge in [0.25, 0.3) is 0 Å². The zero-order chi connectivity index (χ0) is 11.2. The summed E-state index contributed by atoms with van der Waals surface area (Å²) in [5, 5.41) is 5.44. The molecule has 0 atom stereocenters. The molecule has 0 fully saturated rings. The van der Waals surface area contributed by atoms with E-state index >= 15 is 0 Å². The van der Waals surface area contributed by atoms with Crippen LogP contribution in [-0.4, -0.2) is 37.7 Å². The minimum absolute atomic E-state index is 0.0842. The van der Waals surface area contributed by atoms with Gasteiger partial charge in [0, 0.05) is 0 Å². The van der Waals surface area contributed by atoms with Crippen LogP contribution in [0.5, 0.6) is 0 Å². The van der Waals surface area contributed by atoms with E-state index in [1.54, 1.807) is 20.9 Å². The molecule has 0 unspecified atom stereocenters. The molecule has 6 heteroatoms. The highest BCUT2D eigenvalue weighted by molar-refractivity contribution is 5.85. The summed E-state index contributed by atoms with van der Waals surface area (Å²) in [7, 11) is 1.69. The Bertz CT molecular complexity index is 216. The van der Waals surface area contributed by atoms with Crippen LogP contribution < -0.4 is 16.4 Å². The lowest BCUT2D eigenvalue weighted by Crippen LogP contribution is -2.51. The quantitative estimate of drug-likeness (QED) is 0.510. The Morgan fingerprint density at radius 3 is 2.43 bits per heavy atom. The number of likely N-dealkylation sites (N-methyl/N-ethyl adjacent to an activating group) is 1. The van der Waals surface area contributed by atoms with Crippen LogP contribution in [-0.2, 0) is 9.53 Å². The normalized spacial score (nSPS) is 10.8. The number of amides is 2. The van der Waals surface area contributed by atoms with E-state index < -0.39 is 11.6 Å². The summed E-state index contributed by atoms with van der Waals surface area (Å²) in [6.45, 7) is 3.84. The van der Waals surface area contributed by atoms with Crippen molar-refractivity contribution in [2.45, 2.75) is 19.4 Å². The molecule has 0 radical (unpaired) electrons. The predicted molar refractivity (Wildman–Crippen MR) is 51.7 cm³/mol. The Hall–Kier alpha value is -1.30. The number of rotatable bonds is 5. The molecule has 0 saturated heterocycles. The third-order valence-corrected chi connectivity index (χ3v) is 1.82. The average Bonchev–Trinajstić information content (AvgIpc) is 2.11. The fourth-order valence-corrected chi connectivity index (χ4v) is 0.651. The number of hydrogen-bond donors (Lipinski definition) is 3. The largest absolute Gasteiger partial charge is 0.448 e. The van der Waals surface area contributed by atoms with Crippen molar-refractivity contribution in [1.29, 1.82) is 0 Å². The molecule has 4 N–H and O–H groups in total. The number of primary amides is 1. The summed E-state index contributed by atoms with van der Waals surface area (Å²) in [5.41, 5.74) is 4.10. The number of nitrogens with two attached hydrogens (primary N) is 1. The van der Waals surface area contributed by atoms with Crippen LogP contribution >= 0.6 is 0 Å². The van der Waals surface area contributed by atoms with E-state index in [0.29, 0.717) is 0 Å². The van der Waals surface area contributed by atoms with Crippen LogP contribution in [0.4, 0.5) is 4.79 Å². The van der Waals surface area contributed by atoms with Crippen LogP contribution in [0.1, 0.15) is 13.8 Å². The average molecular weight is 203 g/mol. The highest BCUT2D eigenvalue weighted by Gasteiger charge is 2.24. The van der Waals surface area contributed by atoms with E-state index in [2.05, 4.69) is 15.4 Å². The first-order chi connectivity index (χ1) is 6.40. The molecular weight excluding hydrogens is 186 g/mol. The van der Waals surface area contributed by atoms with E-state index in [4.69, 9.17) is 5.73 Å². The Morgan fingerprint density at radius 2 is 2.00 bits per heavy atom. The molecular formula is C8H17N3O3. The second-order valence-electron chi connectivity index (χ2n) is 3.30. The molecule has 0 rings (SSSR count). The second-order valence-corrected chi connectivity index (χ2v) is 3.30. The molecule has 6 nitrogen and oxygen atoms in total. The first kappa shape index (κ1) is 12.7. The van der Waals surface area contributed by atoms with Gasteiger partial charge in [-0.15, -0.1) is 0 Å². The van der Waals surface area contributed by atoms with Gasteiger partial charge in [-0.05, 0) is 20.9 Å². The maximum Gasteiger partial charge on any atom is 0.404 e. The zero-order valence-corrected chi connectivity index (χ0v) is 8.72. The third-order valence-electron chi connectivity index (χ3n) is 1.82. The highest BCUT2D eigenvalue weighted by Crippen LogP contribution is 1.99. The fraction of sp³-hybridized carbons (Fsp3) is 0.750. The van der Waals surface area contributed by atoms with Crippen molar-refractivity contribution in [2.24, 2.45) is 5.73 Å². The minimum Gasteiger partial charge on any atom is -0.448 e. The molecule has 0 bridgehead atoms. The summed E-state index contributed by atoms with van der Waals surface area (Å²) < 4.78 is 4.44. The Morgan fingerprint density at radius 1 is 1.43 bits per heavy atom. The second kappa shape index (κ2) is 5.43. The molecule has 0 spiro atoms. The van der Waals surface area contributed by atoms with Gasteiger partial charge in [-0.1, -0.05) is 0 Å². The van der Waals surface area contributed by atoms with Crippen molar-refractivity contribution < 1.29 is 14.3 Å². The van der Waals surface area contributed by atoms with Crippen molar-refractivity contribution in [3.8, 4) is 0 Å². The SMILES string of the molecule is CNC(C)(C)C(=O)NCCOC(N)=O. The molecule has 0 heterocycles.